The number of nitrogens with zero attached hydrogens (tertiary/aromatic N) is 2. The van der Waals surface area contributed by atoms with Crippen LogP contribution in [-0.4, -0.2) is 20.4 Å². The van der Waals surface area contributed by atoms with Crippen molar-refractivity contribution in [3.8, 4) is 0 Å². The minimum Gasteiger partial charge on any atom is -0.335 e. The number of anilines is 1. The van der Waals surface area contributed by atoms with Gasteiger partial charge in [0.1, 0.15) is 11.5 Å². The number of aromatic amines is 1. The summed E-state index contributed by atoms with van der Waals surface area (Å²) >= 11 is 0. The Morgan fingerprint density at radius 2 is 2.12 bits per heavy atom. The summed E-state index contributed by atoms with van der Waals surface area (Å²) in [4.78, 5) is 29.1. The van der Waals surface area contributed by atoms with Crippen molar-refractivity contribution in [3.63, 3.8) is 0 Å². The van der Waals surface area contributed by atoms with Crippen molar-refractivity contribution in [1.29, 1.82) is 0 Å². The fourth-order valence-corrected chi connectivity index (χ4v) is 1.87. The highest BCUT2D eigenvalue weighted by molar-refractivity contribution is 6.11. The summed E-state index contributed by atoms with van der Waals surface area (Å²) in [5.41, 5.74) is 0.938. The third kappa shape index (κ3) is 1.10. The average Bonchev–Trinajstić information content (AvgIpc) is 2.43. The zero-order valence-electron chi connectivity index (χ0n) is 8.44. The van der Waals surface area contributed by atoms with Gasteiger partial charge in [-0.05, 0) is 6.08 Å². The molecule has 1 aliphatic heterocycles. The van der Waals surface area contributed by atoms with Crippen LogP contribution in [0.1, 0.15) is 5.56 Å². The van der Waals surface area contributed by atoms with E-state index >= 15 is 0 Å². The summed E-state index contributed by atoms with van der Waals surface area (Å²) < 4.78 is 1.76. The van der Waals surface area contributed by atoms with Crippen molar-refractivity contribution >= 4 is 28.8 Å². The largest absolute Gasteiger partial charge is 0.348 e. The highest BCUT2D eigenvalue weighted by atomic mass is 16.2. The number of rotatable bonds is 0. The van der Waals surface area contributed by atoms with Gasteiger partial charge in [0, 0.05) is 24.9 Å². The zero-order chi connectivity index (χ0) is 11.3. The molecule has 0 radical (unpaired) electrons. The van der Waals surface area contributed by atoms with Crippen LogP contribution in [0.5, 0.6) is 0 Å². The Morgan fingerprint density at radius 1 is 1.31 bits per heavy atom. The van der Waals surface area contributed by atoms with Gasteiger partial charge in [-0.1, -0.05) is 0 Å². The van der Waals surface area contributed by atoms with Gasteiger partial charge in [-0.25, -0.2) is 4.79 Å². The Labute approximate surface area is 89.6 Å². The lowest BCUT2D eigenvalue weighted by Crippen LogP contribution is -2.17. The molecule has 80 valence electrons. The predicted octanol–water partition coefficient (Wildman–Crippen LogP) is 0.227. The minimum atomic E-state index is -0.475. The first-order valence-corrected chi connectivity index (χ1v) is 4.73. The third-order valence-electron chi connectivity index (χ3n) is 2.53. The first-order valence-electron chi connectivity index (χ1n) is 4.73. The number of amides is 1. The predicted molar refractivity (Wildman–Crippen MR) is 59.0 cm³/mol. The number of hydrogen-bond acceptors (Lipinski definition) is 3. The maximum atomic E-state index is 11.3. The van der Waals surface area contributed by atoms with Crippen LogP contribution in [0, 0.1) is 0 Å². The SMILES string of the molecule is Cn1cc2c3c([nH]c(=O)nc31)NC(=O)C=C2. The molecule has 3 rings (SSSR count). The molecule has 6 nitrogen and oxygen atoms in total. The molecule has 0 unspecified atom stereocenters. The average molecular weight is 216 g/mol. The van der Waals surface area contributed by atoms with E-state index in [1.807, 2.05) is 6.20 Å². The lowest BCUT2D eigenvalue weighted by molar-refractivity contribution is -0.111. The molecule has 6 heteroatoms. The molecule has 0 aliphatic carbocycles. The van der Waals surface area contributed by atoms with Crippen LogP contribution in [0.4, 0.5) is 5.82 Å². The molecular weight excluding hydrogens is 208 g/mol. The lowest BCUT2D eigenvalue weighted by atomic mass is 10.2. The van der Waals surface area contributed by atoms with Gasteiger partial charge in [0.15, 0.2) is 0 Å². The number of aryl methyl sites for hydroxylation is 1. The van der Waals surface area contributed by atoms with E-state index < -0.39 is 5.69 Å². The Balaban J connectivity index is 2.52. The molecule has 2 aromatic rings. The van der Waals surface area contributed by atoms with E-state index in [1.165, 1.54) is 6.08 Å². The smallest absolute Gasteiger partial charge is 0.335 e. The highest BCUT2D eigenvalue weighted by Crippen LogP contribution is 2.26. The van der Waals surface area contributed by atoms with Gasteiger partial charge in [-0.15, -0.1) is 0 Å². The normalized spacial score (nSPS) is 13.9. The second kappa shape index (κ2) is 2.82. The summed E-state index contributed by atoms with van der Waals surface area (Å²) in [7, 11) is 1.80. The van der Waals surface area contributed by atoms with Gasteiger partial charge in [0.25, 0.3) is 0 Å². The highest BCUT2D eigenvalue weighted by Gasteiger charge is 2.16. The van der Waals surface area contributed by atoms with Gasteiger partial charge >= 0.3 is 5.69 Å². The summed E-state index contributed by atoms with van der Waals surface area (Å²) in [6.45, 7) is 0. The van der Waals surface area contributed by atoms with E-state index in [4.69, 9.17) is 0 Å². The second-order valence-corrected chi connectivity index (χ2v) is 3.63. The van der Waals surface area contributed by atoms with E-state index in [0.29, 0.717) is 11.5 Å². The first kappa shape index (κ1) is 8.90. The zero-order valence-corrected chi connectivity index (χ0v) is 8.44. The molecule has 0 saturated carbocycles. The molecule has 0 bridgehead atoms. The Morgan fingerprint density at radius 3 is 2.94 bits per heavy atom. The van der Waals surface area contributed by atoms with E-state index in [1.54, 1.807) is 17.7 Å². The van der Waals surface area contributed by atoms with Crippen molar-refractivity contribution < 1.29 is 4.79 Å². The molecule has 2 N–H and O–H groups in total. The van der Waals surface area contributed by atoms with E-state index in [0.717, 1.165) is 10.9 Å². The summed E-state index contributed by atoms with van der Waals surface area (Å²) in [5.74, 6) is 0.141. The number of aromatic nitrogens is 3. The number of carbonyl (C=O) groups excluding carboxylic acids is 1. The van der Waals surface area contributed by atoms with Crippen molar-refractivity contribution in [1.82, 2.24) is 14.5 Å². The first-order chi connectivity index (χ1) is 7.65. The Bertz CT molecular complexity index is 693. The summed E-state index contributed by atoms with van der Waals surface area (Å²) in [5, 5.41) is 3.36. The fourth-order valence-electron chi connectivity index (χ4n) is 1.87. The van der Waals surface area contributed by atoms with Crippen LogP contribution in [0.2, 0.25) is 0 Å². The molecule has 0 aromatic carbocycles. The van der Waals surface area contributed by atoms with Crippen LogP contribution < -0.4 is 11.0 Å². The maximum absolute atomic E-state index is 11.3. The lowest BCUT2D eigenvalue weighted by Gasteiger charge is -2.02. The monoisotopic (exact) mass is 216 g/mol. The van der Waals surface area contributed by atoms with Crippen LogP contribution >= 0.6 is 0 Å². The van der Waals surface area contributed by atoms with Gasteiger partial charge in [0.2, 0.25) is 5.91 Å². The Hall–Kier alpha value is -2.37. The molecule has 0 atom stereocenters. The quantitative estimate of drug-likeness (QED) is 0.661. The molecule has 2 aromatic heterocycles. The maximum Gasteiger partial charge on any atom is 0.348 e. The Kier molecular flexibility index (Phi) is 1.57. The number of carbonyl (C=O) groups is 1. The van der Waals surface area contributed by atoms with Crippen molar-refractivity contribution in [2.24, 2.45) is 7.05 Å². The number of nitrogens with one attached hydrogen (secondary N) is 2. The molecule has 0 spiro atoms. The number of H-pyrrole nitrogens is 1. The van der Waals surface area contributed by atoms with E-state index in [9.17, 15) is 9.59 Å². The van der Waals surface area contributed by atoms with E-state index in [2.05, 4.69) is 15.3 Å². The molecule has 1 amide bonds. The minimum absolute atomic E-state index is 0.262. The fraction of sp³-hybridized carbons (Fsp3) is 0.100. The van der Waals surface area contributed by atoms with Crippen molar-refractivity contribution in [2.45, 2.75) is 0 Å². The van der Waals surface area contributed by atoms with Gasteiger partial charge in [0.05, 0.1) is 5.39 Å². The molecule has 3 heterocycles. The summed E-state index contributed by atoms with van der Waals surface area (Å²) in [6, 6.07) is 0. The van der Waals surface area contributed by atoms with Crippen LogP contribution in [0.3, 0.4) is 0 Å². The van der Waals surface area contributed by atoms with Crippen LogP contribution in [0.25, 0.3) is 17.1 Å². The van der Waals surface area contributed by atoms with E-state index in [-0.39, 0.29) is 5.91 Å². The van der Waals surface area contributed by atoms with Crippen molar-refractivity contribution in [3.05, 3.63) is 28.3 Å². The van der Waals surface area contributed by atoms with Gasteiger partial charge in [-0.3, -0.25) is 9.78 Å². The standard InChI is InChI=1S/C10H8N4O2/c1-14-4-5-2-3-6(15)11-8-7(5)9(14)13-10(16)12-8/h2-4H,1H3,(H2,11,12,13,15,16). The van der Waals surface area contributed by atoms with Gasteiger partial charge < -0.3 is 9.88 Å². The molecule has 16 heavy (non-hydrogen) atoms. The molecular formula is C10H8N4O2. The topological polar surface area (TPSA) is 79.8 Å². The van der Waals surface area contributed by atoms with Crippen LogP contribution in [0.15, 0.2) is 17.1 Å². The summed E-state index contributed by atoms with van der Waals surface area (Å²) in [6.07, 6.45) is 4.95. The third-order valence-corrected chi connectivity index (χ3v) is 2.53. The van der Waals surface area contributed by atoms with Crippen molar-refractivity contribution in [2.75, 3.05) is 5.32 Å². The molecule has 1 aliphatic rings. The van der Waals surface area contributed by atoms with Gasteiger partial charge in [-0.2, -0.15) is 4.98 Å². The molecule has 0 saturated heterocycles. The second-order valence-electron chi connectivity index (χ2n) is 3.63. The number of hydrogen-bond donors (Lipinski definition) is 2. The van der Waals surface area contributed by atoms with Crippen LogP contribution in [-0.2, 0) is 11.8 Å². The molecule has 0 fully saturated rings.